The molecule has 0 aliphatic carbocycles. The number of amidine groups is 3. The number of ether oxygens (including phenoxy) is 2. The van der Waals surface area contributed by atoms with Gasteiger partial charge in [-0.25, -0.2) is 13.3 Å². The summed E-state index contributed by atoms with van der Waals surface area (Å²) in [4.78, 5) is 17.4. The van der Waals surface area contributed by atoms with E-state index in [-0.39, 0.29) is 28.4 Å². The number of amides is 1. The highest BCUT2D eigenvalue weighted by Crippen LogP contribution is 2.31. The summed E-state index contributed by atoms with van der Waals surface area (Å²) in [5, 5.41) is 8.39. The first-order chi connectivity index (χ1) is 16.7. The van der Waals surface area contributed by atoms with E-state index in [4.69, 9.17) is 26.5 Å². The molecule has 0 spiro atoms. The lowest BCUT2D eigenvalue weighted by Gasteiger charge is -2.23. The maximum atomic E-state index is 12.5. The molecule has 0 bridgehead atoms. The summed E-state index contributed by atoms with van der Waals surface area (Å²) in [7, 11) is -3.72. The van der Waals surface area contributed by atoms with Gasteiger partial charge in [0.15, 0.2) is 0 Å². The van der Waals surface area contributed by atoms with Gasteiger partial charge < -0.3 is 9.47 Å². The van der Waals surface area contributed by atoms with E-state index in [1.807, 2.05) is 24.3 Å². The number of benzene rings is 2. The molecule has 0 fully saturated rings. The molecule has 0 saturated heterocycles. The molecule has 4 rings (SSSR count). The van der Waals surface area contributed by atoms with Crippen LogP contribution in [0.25, 0.3) is 6.08 Å². The molecular weight excluding hydrogens is 512 g/mol. The van der Waals surface area contributed by atoms with E-state index in [1.165, 1.54) is 11.6 Å². The molecule has 0 saturated carbocycles. The van der Waals surface area contributed by atoms with E-state index in [1.54, 1.807) is 18.2 Å². The molecule has 0 atom stereocenters. The van der Waals surface area contributed by atoms with Crippen LogP contribution < -0.4 is 9.47 Å². The predicted octanol–water partition coefficient (Wildman–Crippen LogP) is 3.98. The predicted molar refractivity (Wildman–Crippen MR) is 138 cm³/mol. The van der Waals surface area contributed by atoms with Crippen LogP contribution in [0, 0.1) is 5.41 Å². The van der Waals surface area contributed by atoms with Crippen LogP contribution in [0.1, 0.15) is 18.1 Å². The third-order valence-corrected chi connectivity index (χ3v) is 7.08. The van der Waals surface area contributed by atoms with Crippen LogP contribution in [-0.4, -0.2) is 54.9 Å². The van der Waals surface area contributed by atoms with Crippen molar-refractivity contribution in [3.05, 3.63) is 64.2 Å². The fourth-order valence-corrected chi connectivity index (χ4v) is 5.35. The number of nitrogens with one attached hydrogen (secondary N) is 1. The summed E-state index contributed by atoms with van der Waals surface area (Å²) >= 11 is 7.09. The lowest BCUT2D eigenvalue weighted by molar-refractivity contribution is -0.114. The standard InChI is InChI=1S/C23H21ClN4O5S2/c1-3-14-4-7-16(8-5-14)32-10-11-33-19-9-6-15(13-18(19)24)12-17-20(25)28-22(26-21(17)29)34-27-23(28)35(2,30)31/h4-9,12-13,25H,3,10-11H2,1-2H3/b17-12-,25-20?. The van der Waals surface area contributed by atoms with Crippen LogP contribution in [-0.2, 0) is 21.1 Å². The molecule has 2 aromatic carbocycles. The third-order valence-electron chi connectivity index (χ3n) is 5.03. The maximum Gasteiger partial charge on any atom is 0.283 e. The highest BCUT2D eigenvalue weighted by Gasteiger charge is 2.41. The first-order valence-corrected chi connectivity index (χ1v) is 13.5. The Balaban J connectivity index is 1.42. The first kappa shape index (κ1) is 25.0. The van der Waals surface area contributed by atoms with Crippen LogP contribution >= 0.6 is 23.5 Å². The Morgan fingerprint density at radius 3 is 2.51 bits per heavy atom. The van der Waals surface area contributed by atoms with Gasteiger partial charge in [0, 0.05) is 6.26 Å². The average molecular weight is 533 g/mol. The largest absolute Gasteiger partial charge is 0.490 e. The van der Waals surface area contributed by atoms with Crippen LogP contribution in [0.2, 0.25) is 5.02 Å². The molecule has 2 aromatic rings. The minimum atomic E-state index is -3.72. The number of fused-ring (bicyclic) bond motifs is 1. The minimum Gasteiger partial charge on any atom is -0.490 e. The monoisotopic (exact) mass is 532 g/mol. The number of hydrogen-bond acceptors (Lipinski definition) is 8. The Morgan fingerprint density at radius 1 is 1.14 bits per heavy atom. The lowest BCUT2D eigenvalue weighted by atomic mass is 10.1. The Bertz CT molecular complexity index is 1390. The zero-order chi connectivity index (χ0) is 25.2. The van der Waals surface area contributed by atoms with Crippen molar-refractivity contribution in [2.24, 2.45) is 9.39 Å². The first-order valence-electron chi connectivity index (χ1n) is 10.5. The summed E-state index contributed by atoms with van der Waals surface area (Å²) in [6, 6.07) is 12.8. The van der Waals surface area contributed by atoms with Gasteiger partial charge in [0.1, 0.15) is 30.5 Å². The van der Waals surface area contributed by atoms with Gasteiger partial charge in [-0.05, 0) is 47.9 Å². The number of aryl methyl sites for hydroxylation is 1. The second kappa shape index (κ2) is 10.2. The number of carbonyl (C=O) groups is 1. The molecule has 2 heterocycles. The van der Waals surface area contributed by atoms with E-state index in [2.05, 4.69) is 16.3 Å². The molecule has 9 nitrogen and oxygen atoms in total. The van der Waals surface area contributed by atoms with E-state index in [0.29, 0.717) is 22.9 Å². The van der Waals surface area contributed by atoms with Crippen molar-refractivity contribution in [2.75, 3.05) is 19.5 Å². The third kappa shape index (κ3) is 5.58. The van der Waals surface area contributed by atoms with Crippen LogP contribution in [0.15, 0.2) is 57.4 Å². The van der Waals surface area contributed by atoms with Gasteiger partial charge in [-0.15, -0.1) is 0 Å². The number of carbonyl (C=O) groups excluding carboxylic acids is 1. The fourth-order valence-electron chi connectivity index (χ4n) is 3.26. The highest BCUT2D eigenvalue weighted by atomic mass is 35.5. The molecule has 182 valence electrons. The van der Waals surface area contributed by atoms with Crippen LogP contribution in [0.5, 0.6) is 11.5 Å². The number of sulfone groups is 1. The molecule has 35 heavy (non-hydrogen) atoms. The second-order valence-electron chi connectivity index (χ2n) is 7.56. The molecular formula is C23H21ClN4O5S2. The molecule has 12 heteroatoms. The molecule has 2 aliphatic heterocycles. The van der Waals surface area contributed by atoms with E-state index >= 15 is 0 Å². The van der Waals surface area contributed by atoms with Gasteiger partial charge in [-0.2, -0.15) is 9.39 Å². The van der Waals surface area contributed by atoms with Gasteiger partial charge in [-0.3, -0.25) is 10.2 Å². The topological polar surface area (TPSA) is 121 Å². The van der Waals surface area contributed by atoms with Crippen molar-refractivity contribution in [1.29, 1.82) is 5.41 Å². The minimum absolute atomic E-state index is 0.0304. The summed E-state index contributed by atoms with van der Waals surface area (Å²) < 4.78 is 39.2. The SMILES string of the molecule is CCc1ccc(OCCOc2ccc(/C=C3/C(=N)N4C(=NC3=O)SN=C4S(C)(=O)=O)cc2Cl)cc1. The second-order valence-corrected chi connectivity index (χ2v) is 10.6. The zero-order valence-corrected chi connectivity index (χ0v) is 21.2. The maximum absolute atomic E-state index is 12.5. The molecule has 0 unspecified atom stereocenters. The molecule has 1 amide bonds. The Labute approximate surface area is 212 Å². The Kier molecular flexibility index (Phi) is 7.29. The number of rotatable bonds is 7. The molecule has 1 N–H and O–H groups in total. The summed E-state index contributed by atoms with van der Waals surface area (Å²) in [6.45, 7) is 2.69. The number of halogens is 1. The Hall–Kier alpha value is -3.15. The quantitative estimate of drug-likeness (QED) is 0.325. The van der Waals surface area contributed by atoms with Crippen molar-refractivity contribution in [3.63, 3.8) is 0 Å². The lowest BCUT2D eigenvalue weighted by Crippen LogP contribution is -2.45. The summed E-state index contributed by atoms with van der Waals surface area (Å²) in [5.41, 5.74) is 1.67. The highest BCUT2D eigenvalue weighted by molar-refractivity contribution is 8.16. The van der Waals surface area contributed by atoms with Crippen LogP contribution in [0.4, 0.5) is 0 Å². The van der Waals surface area contributed by atoms with Gasteiger partial charge >= 0.3 is 0 Å². The smallest absolute Gasteiger partial charge is 0.283 e. The van der Waals surface area contributed by atoms with E-state index in [9.17, 15) is 13.2 Å². The van der Waals surface area contributed by atoms with Gasteiger partial charge in [0.25, 0.3) is 5.91 Å². The molecule has 0 radical (unpaired) electrons. The average Bonchev–Trinajstić information content (AvgIpc) is 3.25. The van der Waals surface area contributed by atoms with Gasteiger partial charge in [-0.1, -0.05) is 36.7 Å². The van der Waals surface area contributed by atoms with Gasteiger partial charge in [0.05, 0.1) is 22.5 Å². The normalized spacial score (nSPS) is 16.8. The van der Waals surface area contributed by atoms with Crippen molar-refractivity contribution in [3.8, 4) is 11.5 Å². The van der Waals surface area contributed by atoms with Gasteiger partial charge in [0.2, 0.25) is 20.2 Å². The molecule has 2 aliphatic rings. The van der Waals surface area contributed by atoms with Crippen LogP contribution in [0.3, 0.4) is 0 Å². The molecule has 0 aromatic heterocycles. The number of nitrogens with zero attached hydrogens (tertiary/aromatic N) is 3. The Morgan fingerprint density at radius 2 is 1.86 bits per heavy atom. The number of aliphatic imine (C=N–C) groups is 1. The van der Waals surface area contributed by atoms with Crippen molar-refractivity contribution < 1.29 is 22.7 Å². The summed E-state index contributed by atoms with van der Waals surface area (Å²) in [6.07, 6.45) is 3.37. The van der Waals surface area contributed by atoms with Crippen molar-refractivity contribution >= 4 is 61.5 Å². The fraction of sp³-hybridized carbons (Fsp3) is 0.217. The zero-order valence-electron chi connectivity index (χ0n) is 18.8. The van der Waals surface area contributed by atoms with Crippen molar-refractivity contribution in [1.82, 2.24) is 4.90 Å². The van der Waals surface area contributed by atoms with E-state index < -0.39 is 15.7 Å². The van der Waals surface area contributed by atoms with E-state index in [0.717, 1.165) is 35.3 Å². The summed E-state index contributed by atoms with van der Waals surface area (Å²) in [5.74, 6) is 0.199. The van der Waals surface area contributed by atoms with Crippen molar-refractivity contribution in [2.45, 2.75) is 13.3 Å². The number of hydrogen-bond donors (Lipinski definition) is 1.